The largest absolute Gasteiger partial charge is 0.725 e. The van der Waals surface area contributed by atoms with Gasteiger partial charge in [-0.15, -0.1) is 0 Å². The first-order chi connectivity index (χ1) is 16.4. The lowest BCUT2D eigenvalue weighted by atomic mass is 10.0. The summed E-state index contributed by atoms with van der Waals surface area (Å²) >= 11 is 0. The molecule has 34 heavy (non-hydrogen) atoms. The highest BCUT2D eigenvalue weighted by atomic mass is 32.3. The first kappa shape index (κ1) is 28.1. The predicted octanol–water partition coefficient (Wildman–Crippen LogP) is 6.66. The van der Waals surface area contributed by atoms with Gasteiger partial charge in [-0.1, -0.05) is 118 Å². The van der Waals surface area contributed by atoms with Gasteiger partial charge in [0.25, 0.3) is 0 Å². The molecule has 0 aliphatic heterocycles. The normalized spacial score (nSPS) is 11.3. The molecule has 0 aliphatic carbocycles. The van der Waals surface area contributed by atoms with Crippen molar-refractivity contribution in [3.63, 3.8) is 0 Å². The van der Waals surface area contributed by atoms with Crippen molar-refractivity contribution in [2.24, 2.45) is 0 Å². The van der Waals surface area contributed by atoms with E-state index in [2.05, 4.69) is 48.4 Å². The van der Waals surface area contributed by atoms with E-state index in [-0.39, 0.29) is 0 Å². The van der Waals surface area contributed by atoms with Crippen LogP contribution in [0.5, 0.6) is 0 Å². The lowest BCUT2D eigenvalue weighted by Gasteiger charge is -2.20. The fraction of sp³-hybridized carbons (Fsp3) is 0.357. The summed E-state index contributed by atoms with van der Waals surface area (Å²) < 4.78 is 37.1. The zero-order valence-electron chi connectivity index (χ0n) is 20.1. The van der Waals surface area contributed by atoms with Gasteiger partial charge in [0.05, 0.1) is 0 Å². The minimum atomic E-state index is -4.77. The van der Waals surface area contributed by atoms with Gasteiger partial charge in [-0.2, -0.15) is 0 Å². The van der Waals surface area contributed by atoms with Crippen LogP contribution in [-0.2, 0) is 31.2 Å². The van der Waals surface area contributed by atoms with Gasteiger partial charge in [0, 0.05) is 5.56 Å². The smallest absolute Gasteiger partial charge is 0.218 e. The molecular formula is C28H36O4S2. The third kappa shape index (κ3) is 11.3. The van der Waals surface area contributed by atoms with Gasteiger partial charge in [-0.3, -0.25) is 4.18 Å². The Morgan fingerprint density at radius 2 is 1.15 bits per heavy atom. The number of hydrogen-bond acceptors (Lipinski definition) is 4. The van der Waals surface area contributed by atoms with E-state index < -0.39 is 16.5 Å². The molecule has 0 N–H and O–H groups in total. The van der Waals surface area contributed by atoms with Gasteiger partial charge < -0.3 is 4.55 Å². The molecule has 0 heterocycles. The highest BCUT2D eigenvalue weighted by molar-refractivity contribution is 7.96. The summed E-state index contributed by atoms with van der Waals surface area (Å²) in [5.41, 5.74) is 2.75. The average molecular weight is 501 g/mol. The summed E-state index contributed by atoms with van der Waals surface area (Å²) in [6.45, 7) is 4.59. The Morgan fingerprint density at radius 3 is 1.53 bits per heavy atom. The fourth-order valence-corrected chi connectivity index (χ4v) is 6.44. The standard InChI is InChI=1S/C15H25S.C13H12O4S/c1-3-5-12-16(13-6-4-2)14-15-10-8-7-9-11-15;14-18(15,16)17-13(11-7-3-1-4-8-11)12-9-5-2-6-10-12/h7-11H,3-6,12-14H2,1-2H3;1-10,13H,(H,14,15,16)/q+1;/p-1. The lowest BCUT2D eigenvalue weighted by Crippen LogP contribution is -2.14. The summed E-state index contributed by atoms with van der Waals surface area (Å²) in [5, 5.41) is 0. The highest BCUT2D eigenvalue weighted by Gasteiger charge is 2.18. The number of unbranched alkanes of at least 4 members (excludes halogenated alkanes) is 2. The van der Waals surface area contributed by atoms with Gasteiger partial charge in [0.2, 0.25) is 10.4 Å². The van der Waals surface area contributed by atoms with Gasteiger partial charge in [-0.25, -0.2) is 8.42 Å². The molecule has 0 atom stereocenters. The maximum Gasteiger partial charge on any atom is 0.218 e. The molecule has 6 heteroatoms. The predicted molar refractivity (Wildman–Crippen MR) is 143 cm³/mol. The number of rotatable bonds is 12. The summed E-state index contributed by atoms with van der Waals surface area (Å²) in [7, 11) is -4.14. The van der Waals surface area contributed by atoms with Crippen LogP contribution in [-0.4, -0.2) is 24.5 Å². The fourth-order valence-electron chi connectivity index (χ4n) is 3.43. The summed E-state index contributed by atoms with van der Waals surface area (Å²) in [5.74, 6) is 4.18. The van der Waals surface area contributed by atoms with E-state index in [1.165, 1.54) is 48.5 Å². The maximum atomic E-state index is 10.8. The van der Waals surface area contributed by atoms with Crippen LogP contribution in [0.1, 0.15) is 62.3 Å². The Morgan fingerprint density at radius 1 is 0.735 bits per heavy atom. The Balaban J connectivity index is 0.000000242. The van der Waals surface area contributed by atoms with Gasteiger partial charge in [-0.05, 0) is 34.9 Å². The van der Waals surface area contributed by atoms with Crippen molar-refractivity contribution in [2.45, 2.75) is 51.4 Å². The van der Waals surface area contributed by atoms with Gasteiger partial charge in [0.15, 0.2) is 0 Å². The van der Waals surface area contributed by atoms with Crippen molar-refractivity contribution >= 4 is 21.3 Å². The van der Waals surface area contributed by atoms with Crippen LogP contribution in [0.3, 0.4) is 0 Å². The van der Waals surface area contributed by atoms with E-state index in [0.717, 1.165) is 0 Å². The second-order valence-corrected chi connectivity index (χ2v) is 11.4. The molecule has 0 saturated heterocycles. The topological polar surface area (TPSA) is 66.4 Å². The monoisotopic (exact) mass is 500 g/mol. The molecule has 0 bridgehead atoms. The van der Waals surface area contributed by atoms with Gasteiger partial charge in [0.1, 0.15) is 23.4 Å². The van der Waals surface area contributed by atoms with E-state index in [4.69, 9.17) is 0 Å². The molecule has 0 unspecified atom stereocenters. The number of benzene rings is 3. The van der Waals surface area contributed by atoms with Crippen LogP contribution in [0.2, 0.25) is 0 Å². The second kappa shape index (κ2) is 15.7. The van der Waals surface area contributed by atoms with Crippen molar-refractivity contribution in [2.75, 3.05) is 11.5 Å². The van der Waals surface area contributed by atoms with E-state index in [9.17, 15) is 13.0 Å². The quantitative estimate of drug-likeness (QED) is 0.158. The van der Waals surface area contributed by atoms with E-state index in [1.54, 1.807) is 60.7 Å². The second-order valence-electron chi connectivity index (χ2n) is 8.06. The third-order valence-corrected chi connectivity index (χ3v) is 8.11. The maximum absolute atomic E-state index is 10.8. The van der Waals surface area contributed by atoms with Crippen LogP contribution < -0.4 is 0 Å². The zero-order valence-corrected chi connectivity index (χ0v) is 21.8. The molecule has 0 aromatic heterocycles. The van der Waals surface area contributed by atoms with E-state index >= 15 is 0 Å². The van der Waals surface area contributed by atoms with Crippen molar-refractivity contribution in [1.29, 1.82) is 0 Å². The third-order valence-electron chi connectivity index (χ3n) is 5.21. The first-order valence-electron chi connectivity index (χ1n) is 11.8. The van der Waals surface area contributed by atoms with Crippen molar-refractivity contribution in [3.8, 4) is 0 Å². The molecule has 0 saturated carbocycles. The van der Waals surface area contributed by atoms with Crippen LogP contribution in [0.25, 0.3) is 0 Å². The molecule has 0 amide bonds. The molecule has 3 aromatic carbocycles. The molecule has 3 rings (SSSR count). The molecule has 0 radical (unpaired) electrons. The molecular weight excluding hydrogens is 464 g/mol. The van der Waals surface area contributed by atoms with Crippen LogP contribution in [0.15, 0.2) is 91.0 Å². The summed E-state index contributed by atoms with van der Waals surface area (Å²) in [6.07, 6.45) is 4.57. The number of hydrogen-bond donors (Lipinski definition) is 0. The van der Waals surface area contributed by atoms with Gasteiger partial charge >= 0.3 is 0 Å². The van der Waals surface area contributed by atoms with Crippen molar-refractivity contribution in [1.82, 2.24) is 0 Å². The van der Waals surface area contributed by atoms with Crippen LogP contribution in [0.4, 0.5) is 0 Å². The molecule has 0 aliphatic rings. The van der Waals surface area contributed by atoms with Crippen molar-refractivity contribution < 1.29 is 17.2 Å². The minimum absolute atomic E-state index is 0.614. The van der Waals surface area contributed by atoms with Crippen LogP contribution in [0, 0.1) is 0 Å². The lowest BCUT2D eigenvalue weighted by molar-refractivity contribution is 0.212. The molecule has 0 spiro atoms. The Labute approximate surface area is 208 Å². The SMILES string of the molecule is CCCC[S+](CCCC)Cc1ccccc1.O=S(=O)([O-])OC(c1ccccc1)c1ccccc1. The highest BCUT2D eigenvalue weighted by Crippen LogP contribution is 2.27. The molecule has 184 valence electrons. The van der Waals surface area contributed by atoms with E-state index in [0.29, 0.717) is 22.0 Å². The zero-order chi connectivity index (χ0) is 24.7. The molecule has 3 aromatic rings. The Kier molecular flexibility index (Phi) is 13.0. The first-order valence-corrected chi connectivity index (χ1v) is 14.9. The summed E-state index contributed by atoms with van der Waals surface area (Å²) in [6, 6.07) is 28.5. The van der Waals surface area contributed by atoms with Crippen LogP contribution >= 0.6 is 0 Å². The van der Waals surface area contributed by atoms with Crippen molar-refractivity contribution in [3.05, 3.63) is 108 Å². The molecule has 0 fully saturated rings. The van der Waals surface area contributed by atoms with E-state index in [1.807, 2.05) is 0 Å². The molecule has 4 nitrogen and oxygen atoms in total. The Bertz CT molecular complexity index is 963. The summed E-state index contributed by atoms with van der Waals surface area (Å²) in [4.78, 5) is 0. The Hall–Kier alpha value is -2.12. The minimum Gasteiger partial charge on any atom is -0.725 e. The average Bonchev–Trinajstić information content (AvgIpc) is 2.86.